The molecule has 0 unspecified atom stereocenters. The number of rotatable bonds is 4. The molecule has 76 valence electrons. The van der Waals surface area contributed by atoms with Gasteiger partial charge in [-0.2, -0.15) is 0 Å². The summed E-state index contributed by atoms with van der Waals surface area (Å²) in [5, 5.41) is 0. The molecule has 0 N–H and O–H groups in total. The first-order valence-electron chi connectivity index (χ1n) is 4.25. The van der Waals surface area contributed by atoms with Crippen molar-refractivity contribution in [1.82, 2.24) is 0 Å². The Hall–Kier alpha value is -0.380. The maximum atomic E-state index is 11.3. The molecule has 0 aromatic carbocycles. The summed E-state index contributed by atoms with van der Waals surface area (Å²) in [6, 6.07) is 0. The van der Waals surface area contributed by atoms with Crippen molar-refractivity contribution in [2.24, 2.45) is 5.92 Å². The van der Waals surface area contributed by atoms with Crippen LogP contribution in [0.25, 0.3) is 0 Å². The van der Waals surface area contributed by atoms with E-state index in [9.17, 15) is 9.59 Å². The maximum absolute atomic E-state index is 11.3. The van der Waals surface area contributed by atoms with Gasteiger partial charge in [-0.15, -0.1) is 0 Å². The number of ketones is 1. The van der Waals surface area contributed by atoms with Gasteiger partial charge in [-0.3, -0.25) is 4.79 Å². The number of carbonyl (C=O) groups excluding carboxylic acids is 2. The highest BCUT2D eigenvalue weighted by Gasteiger charge is 2.27. The van der Waals surface area contributed by atoms with Crippen LogP contribution in [0.5, 0.6) is 0 Å². The smallest absolute Gasteiger partial charge is 0.376 e. The second-order valence-corrected chi connectivity index (χ2v) is 4.45. The standard InChI is InChI=1S/C9H15BrO3/c1-5(2)7(10)8(11)9(12)13-6(3)4/h5-7H,1-4H3/t7-/m1/s1. The molecule has 3 nitrogen and oxygen atoms in total. The Morgan fingerprint density at radius 1 is 1.15 bits per heavy atom. The molecule has 0 aliphatic rings. The Morgan fingerprint density at radius 3 is 1.92 bits per heavy atom. The Balaban J connectivity index is 4.18. The minimum atomic E-state index is -0.759. The Bertz CT molecular complexity index is 199. The van der Waals surface area contributed by atoms with Gasteiger partial charge in [-0.1, -0.05) is 29.8 Å². The molecule has 1 atom stereocenters. The van der Waals surface area contributed by atoms with E-state index in [1.54, 1.807) is 13.8 Å². The van der Waals surface area contributed by atoms with Gasteiger partial charge in [0.25, 0.3) is 5.78 Å². The Labute approximate surface area is 87.0 Å². The van der Waals surface area contributed by atoms with Crippen molar-refractivity contribution >= 4 is 27.7 Å². The van der Waals surface area contributed by atoms with Crippen LogP contribution in [0.2, 0.25) is 0 Å². The summed E-state index contributed by atoms with van der Waals surface area (Å²) in [7, 11) is 0. The van der Waals surface area contributed by atoms with Crippen molar-refractivity contribution in [2.45, 2.75) is 38.6 Å². The van der Waals surface area contributed by atoms with Crippen LogP contribution in [0.3, 0.4) is 0 Å². The zero-order valence-electron chi connectivity index (χ0n) is 8.33. The molecular weight excluding hydrogens is 236 g/mol. The molecule has 0 bridgehead atoms. The number of hydrogen-bond donors (Lipinski definition) is 0. The van der Waals surface area contributed by atoms with E-state index >= 15 is 0 Å². The summed E-state index contributed by atoms with van der Waals surface area (Å²) in [6.07, 6.45) is -0.247. The van der Waals surface area contributed by atoms with Crippen LogP contribution in [-0.4, -0.2) is 22.7 Å². The molecule has 0 saturated heterocycles. The topological polar surface area (TPSA) is 43.4 Å². The summed E-state index contributed by atoms with van der Waals surface area (Å²) in [5.41, 5.74) is 0. The van der Waals surface area contributed by atoms with Gasteiger partial charge in [0.1, 0.15) is 0 Å². The van der Waals surface area contributed by atoms with Gasteiger partial charge in [-0.25, -0.2) is 4.79 Å². The van der Waals surface area contributed by atoms with Gasteiger partial charge in [0.05, 0.1) is 10.9 Å². The van der Waals surface area contributed by atoms with Crippen molar-refractivity contribution in [2.75, 3.05) is 0 Å². The van der Waals surface area contributed by atoms with Crippen LogP contribution in [-0.2, 0) is 14.3 Å². The van der Waals surface area contributed by atoms with Crippen LogP contribution < -0.4 is 0 Å². The molecule has 4 heteroatoms. The van der Waals surface area contributed by atoms with Crippen molar-refractivity contribution in [3.63, 3.8) is 0 Å². The predicted octanol–water partition coefficient (Wildman–Crippen LogP) is 1.93. The van der Waals surface area contributed by atoms with E-state index in [2.05, 4.69) is 15.9 Å². The zero-order chi connectivity index (χ0) is 10.6. The van der Waals surface area contributed by atoms with Crippen LogP contribution in [0.4, 0.5) is 0 Å². The number of esters is 1. The van der Waals surface area contributed by atoms with Gasteiger partial charge < -0.3 is 4.74 Å². The molecule has 0 aromatic heterocycles. The third kappa shape index (κ3) is 4.41. The molecule has 0 fully saturated rings. The summed E-state index contributed by atoms with van der Waals surface area (Å²) in [5.74, 6) is -1.18. The minimum absolute atomic E-state index is 0.0900. The van der Waals surface area contributed by atoms with Crippen molar-refractivity contribution < 1.29 is 14.3 Å². The second-order valence-electron chi connectivity index (χ2n) is 3.46. The monoisotopic (exact) mass is 250 g/mol. The highest BCUT2D eigenvalue weighted by molar-refractivity contribution is 9.10. The lowest BCUT2D eigenvalue weighted by atomic mass is 10.1. The minimum Gasteiger partial charge on any atom is -0.457 e. The molecule has 0 heterocycles. The highest BCUT2D eigenvalue weighted by Crippen LogP contribution is 2.13. The van der Waals surface area contributed by atoms with Crippen molar-refractivity contribution in [3.8, 4) is 0 Å². The normalized spacial score (nSPS) is 13.2. The fraction of sp³-hybridized carbons (Fsp3) is 0.778. The largest absolute Gasteiger partial charge is 0.457 e. The number of ether oxygens (including phenoxy) is 1. The van der Waals surface area contributed by atoms with E-state index in [-0.39, 0.29) is 12.0 Å². The fourth-order valence-corrected chi connectivity index (χ4v) is 0.874. The molecule has 0 aromatic rings. The molecule has 0 amide bonds. The Morgan fingerprint density at radius 2 is 1.62 bits per heavy atom. The first kappa shape index (κ1) is 12.6. The maximum Gasteiger partial charge on any atom is 0.376 e. The number of hydrogen-bond acceptors (Lipinski definition) is 3. The third-order valence-electron chi connectivity index (χ3n) is 1.38. The third-order valence-corrected chi connectivity index (χ3v) is 2.85. The van der Waals surface area contributed by atoms with Crippen LogP contribution >= 0.6 is 15.9 Å². The van der Waals surface area contributed by atoms with Crippen LogP contribution in [0.1, 0.15) is 27.7 Å². The van der Waals surface area contributed by atoms with E-state index in [4.69, 9.17) is 4.74 Å². The van der Waals surface area contributed by atoms with E-state index in [1.165, 1.54) is 0 Å². The Kier molecular flexibility index (Phi) is 5.21. The molecule has 0 aliphatic heterocycles. The molecule has 0 radical (unpaired) electrons. The predicted molar refractivity (Wildman–Crippen MR) is 53.8 cm³/mol. The highest BCUT2D eigenvalue weighted by atomic mass is 79.9. The van der Waals surface area contributed by atoms with Gasteiger partial charge in [-0.05, 0) is 19.8 Å². The first-order valence-corrected chi connectivity index (χ1v) is 5.16. The fourth-order valence-electron chi connectivity index (χ4n) is 0.687. The molecule has 0 saturated carbocycles. The average molecular weight is 251 g/mol. The number of halogens is 1. The lowest BCUT2D eigenvalue weighted by molar-refractivity contribution is -0.156. The molecular formula is C9H15BrO3. The number of Topliss-reactive ketones (excluding diaryl/α,β-unsaturated/α-hetero) is 1. The van der Waals surface area contributed by atoms with Gasteiger partial charge in [0.15, 0.2) is 0 Å². The lowest BCUT2D eigenvalue weighted by Crippen LogP contribution is -2.31. The van der Waals surface area contributed by atoms with Crippen LogP contribution in [0.15, 0.2) is 0 Å². The van der Waals surface area contributed by atoms with Gasteiger partial charge in [0, 0.05) is 0 Å². The van der Waals surface area contributed by atoms with E-state index in [0.29, 0.717) is 0 Å². The summed E-state index contributed by atoms with van der Waals surface area (Å²) < 4.78 is 4.76. The molecule has 0 spiro atoms. The lowest BCUT2D eigenvalue weighted by Gasteiger charge is -2.12. The second kappa shape index (κ2) is 5.37. The summed E-state index contributed by atoms with van der Waals surface area (Å²) in [6.45, 7) is 7.15. The zero-order valence-corrected chi connectivity index (χ0v) is 9.92. The average Bonchev–Trinajstić information content (AvgIpc) is 2.00. The number of alkyl halides is 1. The van der Waals surface area contributed by atoms with Gasteiger partial charge >= 0.3 is 5.97 Å². The summed E-state index contributed by atoms with van der Waals surface area (Å²) >= 11 is 3.15. The van der Waals surface area contributed by atoms with Crippen molar-refractivity contribution in [1.29, 1.82) is 0 Å². The SMILES string of the molecule is CC(C)OC(=O)C(=O)[C@H](Br)C(C)C. The molecule has 0 aliphatic carbocycles. The van der Waals surface area contributed by atoms with E-state index < -0.39 is 16.6 Å². The van der Waals surface area contributed by atoms with Crippen LogP contribution in [0, 0.1) is 5.92 Å². The number of carbonyl (C=O) groups is 2. The quantitative estimate of drug-likeness (QED) is 0.435. The van der Waals surface area contributed by atoms with Gasteiger partial charge in [0.2, 0.25) is 0 Å². The molecule has 0 rings (SSSR count). The van der Waals surface area contributed by atoms with E-state index in [1.807, 2.05) is 13.8 Å². The van der Waals surface area contributed by atoms with E-state index in [0.717, 1.165) is 0 Å². The van der Waals surface area contributed by atoms with Crippen molar-refractivity contribution in [3.05, 3.63) is 0 Å². The molecule has 13 heavy (non-hydrogen) atoms. The first-order chi connectivity index (χ1) is 5.86. The summed E-state index contributed by atoms with van der Waals surface area (Å²) in [4.78, 5) is 22.0.